The minimum absolute atomic E-state index is 0.0748. The smallest absolute Gasteiger partial charge is 0.475 e. The number of nitrogen functional groups attached to an aromatic ring is 1. The molecule has 40 heavy (non-hydrogen) atoms. The number of pyridine rings is 2. The third kappa shape index (κ3) is 5.94. The minimum Gasteiger partial charge on any atom is -0.475 e. The fourth-order valence-electron chi connectivity index (χ4n) is 3.90. The molecular formula is C26H17F6N5O3. The molecule has 0 radical (unpaired) electrons. The van der Waals surface area contributed by atoms with E-state index in [1.165, 1.54) is 12.3 Å². The number of hydrogen-bond acceptors (Lipinski definition) is 7. The molecule has 4 N–H and O–H groups in total. The second kappa shape index (κ2) is 10.4. The molecule has 1 aliphatic rings. The summed E-state index contributed by atoms with van der Waals surface area (Å²) < 4.78 is 72.8. The SMILES string of the molecule is Nc1nccc2c(C(F)(F)F)nc(-c3cccc(C#C[C@]4(O)CCc5cccnc54)c3)nc12.O=C(O)C(F)(F)F. The van der Waals surface area contributed by atoms with Gasteiger partial charge in [0.2, 0.25) is 0 Å². The summed E-state index contributed by atoms with van der Waals surface area (Å²) in [6, 6.07) is 11.4. The Morgan fingerprint density at radius 2 is 1.73 bits per heavy atom. The summed E-state index contributed by atoms with van der Waals surface area (Å²) in [4.78, 5) is 25.0. The lowest BCUT2D eigenvalue weighted by Crippen LogP contribution is -2.21. The van der Waals surface area contributed by atoms with Crippen LogP contribution in [-0.2, 0) is 23.0 Å². The van der Waals surface area contributed by atoms with Gasteiger partial charge < -0.3 is 15.9 Å². The Hall–Kier alpha value is -4.77. The number of nitrogens with two attached hydrogens (primary N) is 1. The van der Waals surface area contributed by atoms with Crippen LogP contribution >= 0.6 is 0 Å². The maximum Gasteiger partial charge on any atom is 0.490 e. The first-order valence-corrected chi connectivity index (χ1v) is 11.3. The van der Waals surface area contributed by atoms with Gasteiger partial charge in [0.15, 0.2) is 17.1 Å². The molecule has 0 fully saturated rings. The number of aliphatic hydroxyl groups is 1. The Kier molecular flexibility index (Phi) is 7.36. The van der Waals surface area contributed by atoms with Gasteiger partial charge in [-0.2, -0.15) is 26.3 Å². The fourth-order valence-corrected chi connectivity index (χ4v) is 3.90. The van der Waals surface area contributed by atoms with Crippen LogP contribution in [0.25, 0.3) is 22.3 Å². The van der Waals surface area contributed by atoms with E-state index in [-0.39, 0.29) is 22.5 Å². The average Bonchev–Trinajstić information content (AvgIpc) is 3.24. The summed E-state index contributed by atoms with van der Waals surface area (Å²) in [5.74, 6) is 2.77. The molecule has 1 aliphatic carbocycles. The van der Waals surface area contributed by atoms with Crippen molar-refractivity contribution >= 4 is 22.7 Å². The number of carbonyl (C=O) groups is 1. The number of aryl methyl sites for hydroxylation is 1. The van der Waals surface area contributed by atoms with Gasteiger partial charge in [-0.1, -0.05) is 30.0 Å². The van der Waals surface area contributed by atoms with E-state index in [0.29, 0.717) is 29.7 Å². The van der Waals surface area contributed by atoms with E-state index in [1.807, 2.05) is 12.1 Å². The summed E-state index contributed by atoms with van der Waals surface area (Å²) in [5, 5.41) is 17.9. The maximum atomic E-state index is 13.7. The summed E-state index contributed by atoms with van der Waals surface area (Å²) in [6.07, 6.45) is -5.91. The predicted octanol–water partition coefficient (Wildman–Crippen LogP) is 4.51. The molecule has 0 unspecified atom stereocenters. The Labute approximate surface area is 221 Å². The highest BCUT2D eigenvalue weighted by atomic mass is 19.4. The van der Waals surface area contributed by atoms with Gasteiger partial charge >= 0.3 is 18.3 Å². The van der Waals surface area contributed by atoms with Crippen molar-refractivity contribution in [2.24, 2.45) is 0 Å². The van der Waals surface area contributed by atoms with Crippen LogP contribution in [0.5, 0.6) is 0 Å². The zero-order chi connectivity index (χ0) is 29.3. The van der Waals surface area contributed by atoms with E-state index >= 15 is 0 Å². The summed E-state index contributed by atoms with van der Waals surface area (Å²) in [5.41, 5.74) is 5.54. The molecule has 4 aromatic rings. The maximum absolute atomic E-state index is 13.7. The fraction of sp³-hybridized carbons (Fsp3) is 0.192. The van der Waals surface area contributed by atoms with Crippen LogP contribution in [0.4, 0.5) is 32.2 Å². The number of rotatable bonds is 1. The minimum atomic E-state index is -5.08. The van der Waals surface area contributed by atoms with Crippen molar-refractivity contribution in [2.75, 3.05) is 5.73 Å². The molecule has 1 aromatic carbocycles. The number of nitrogens with zero attached hydrogens (tertiary/aromatic N) is 4. The number of fused-ring (bicyclic) bond motifs is 2. The second-order valence-corrected chi connectivity index (χ2v) is 8.49. The van der Waals surface area contributed by atoms with E-state index in [9.17, 15) is 31.4 Å². The van der Waals surface area contributed by atoms with E-state index in [4.69, 9.17) is 15.6 Å². The van der Waals surface area contributed by atoms with Crippen molar-refractivity contribution < 1.29 is 41.4 Å². The number of alkyl halides is 6. The Bertz CT molecular complexity index is 1660. The van der Waals surface area contributed by atoms with Crippen molar-refractivity contribution in [3.05, 3.63) is 77.4 Å². The molecule has 1 atom stereocenters. The number of halogens is 6. The zero-order valence-corrected chi connectivity index (χ0v) is 20.0. The summed E-state index contributed by atoms with van der Waals surface area (Å²) in [6.45, 7) is 0. The number of carboxylic acid groups (broad SMARTS) is 1. The van der Waals surface area contributed by atoms with Crippen LogP contribution < -0.4 is 5.73 Å². The first-order chi connectivity index (χ1) is 18.7. The first kappa shape index (κ1) is 28.2. The van der Waals surface area contributed by atoms with Gasteiger partial charge in [0.25, 0.3) is 0 Å². The van der Waals surface area contributed by atoms with E-state index in [0.717, 1.165) is 5.56 Å². The third-order valence-electron chi connectivity index (χ3n) is 5.73. The quantitative estimate of drug-likeness (QED) is 0.228. The number of aromatic nitrogens is 4. The van der Waals surface area contributed by atoms with Gasteiger partial charge in [0.1, 0.15) is 11.3 Å². The molecular weight excluding hydrogens is 544 g/mol. The lowest BCUT2D eigenvalue weighted by atomic mass is 10.0. The van der Waals surface area contributed by atoms with Gasteiger partial charge in [-0.3, -0.25) is 4.98 Å². The van der Waals surface area contributed by atoms with Crippen LogP contribution in [0.2, 0.25) is 0 Å². The van der Waals surface area contributed by atoms with Crippen molar-refractivity contribution in [3.63, 3.8) is 0 Å². The lowest BCUT2D eigenvalue weighted by Gasteiger charge is -2.15. The molecule has 14 heteroatoms. The normalized spacial score (nSPS) is 16.4. The molecule has 206 valence electrons. The van der Waals surface area contributed by atoms with Gasteiger partial charge in [-0.15, -0.1) is 0 Å². The molecule has 0 saturated heterocycles. The standard InChI is InChI=1S/C24H16F3N5O.C2HF3O2/c25-24(26,27)20-17-8-12-30-21(28)18(17)31-22(32-20)16-4-1-3-14(13-16)6-9-23(33)10-7-15-5-2-11-29-19(15)23;3-2(4,5)1(6)7/h1-5,8,11-13,33H,7,10H2,(H2,28,30);(H,6,7)/t23-;/m0./s1. The van der Waals surface area contributed by atoms with Crippen LogP contribution in [0.3, 0.4) is 0 Å². The Balaban J connectivity index is 0.000000470. The molecule has 3 heterocycles. The van der Waals surface area contributed by atoms with Crippen LogP contribution in [0, 0.1) is 11.8 Å². The summed E-state index contributed by atoms with van der Waals surface area (Å²) in [7, 11) is 0. The van der Waals surface area contributed by atoms with Crippen molar-refractivity contribution in [1.82, 2.24) is 19.9 Å². The van der Waals surface area contributed by atoms with Crippen molar-refractivity contribution in [1.29, 1.82) is 0 Å². The topological polar surface area (TPSA) is 135 Å². The van der Waals surface area contributed by atoms with Crippen LogP contribution in [-0.4, -0.2) is 42.3 Å². The van der Waals surface area contributed by atoms with Crippen molar-refractivity contribution in [2.45, 2.75) is 30.8 Å². The largest absolute Gasteiger partial charge is 0.490 e. The first-order valence-electron chi connectivity index (χ1n) is 11.3. The lowest BCUT2D eigenvalue weighted by molar-refractivity contribution is -0.192. The number of anilines is 1. The van der Waals surface area contributed by atoms with E-state index in [2.05, 4.69) is 31.8 Å². The van der Waals surface area contributed by atoms with Crippen LogP contribution in [0.1, 0.15) is 28.9 Å². The van der Waals surface area contributed by atoms with Crippen molar-refractivity contribution in [3.8, 4) is 23.2 Å². The zero-order valence-electron chi connectivity index (χ0n) is 20.0. The molecule has 0 spiro atoms. The monoisotopic (exact) mass is 561 g/mol. The summed E-state index contributed by atoms with van der Waals surface area (Å²) >= 11 is 0. The number of carboxylic acids is 1. The Morgan fingerprint density at radius 3 is 2.40 bits per heavy atom. The van der Waals surface area contributed by atoms with E-state index in [1.54, 1.807) is 30.5 Å². The third-order valence-corrected chi connectivity index (χ3v) is 5.73. The Morgan fingerprint density at radius 1 is 1.00 bits per heavy atom. The number of hydrogen-bond donors (Lipinski definition) is 3. The van der Waals surface area contributed by atoms with Gasteiger partial charge in [-0.25, -0.2) is 19.7 Å². The van der Waals surface area contributed by atoms with Gasteiger partial charge in [-0.05, 0) is 42.7 Å². The molecule has 0 amide bonds. The highest BCUT2D eigenvalue weighted by Gasteiger charge is 2.39. The van der Waals surface area contributed by atoms with Gasteiger partial charge in [0.05, 0.1) is 5.69 Å². The molecule has 0 bridgehead atoms. The predicted molar refractivity (Wildman–Crippen MR) is 129 cm³/mol. The molecule has 8 nitrogen and oxygen atoms in total. The molecule has 0 saturated carbocycles. The number of aliphatic carboxylic acids is 1. The van der Waals surface area contributed by atoms with E-state index < -0.39 is 29.6 Å². The number of benzene rings is 1. The van der Waals surface area contributed by atoms with Gasteiger partial charge in [0, 0.05) is 28.9 Å². The second-order valence-electron chi connectivity index (χ2n) is 8.49. The highest BCUT2D eigenvalue weighted by Crippen LogP contribution is 2.36. The average molecular weight is 561 g/mol. The molecule has 5 rings (SSSR count). The molecule has 3 aromatic heterocycles. The highest BCUT2D eigenvalue weighted by molar-refractivity contribution is 5.90. The molecule has 0 aliphatic heterocycles. The van der Waals surface area contributed by atoms with Crippen LogP contribution in [0.15, 0.2) is 54.9 Å².